The highest BCUT2D eigenvalue weighted by molar-refractivity contribution is 14.0. The van der Waals surface area contributed by atoms with Gasteiger partial charge in [0.2, 0.25) is 0 Å². The van der Waals surface area contributed by atoms with Crippen LogP contribution in [-0.4, -0.2) is 67.7 Å². The Kier molecular flexibility index (Phi) is 10.4. The van der Waals surface area contributed by atoms with Crippen LogP contribution in [0.5, 0.6) is 0 Å². The molecule has 164 valence electrons. The molecule has 3 rings (SSSR count). The fraction of sp³-hybridized carbons (Fsp3) is 0.714. The normalized spacial score (nSPS) is 23.0. The van der Waals surface area contributed by atoms with Crippen LogP contribution < -0.4 is 15.5 Å². The molecule has 2 saturated heterocycles. The topological polar surface area (TPSA) is 55.8 Å². The highest BCUT2D eigenvalue weighted by atomic mass is 127. The zero-order chi connectivity index (χ0) is 19.8. The van der Waals surface area contributed by atoms with Gasteiger partial charge in [-0.1, -0.05) is 6.42 Å². The summed E-state index contributed by atoms with van der Waals surface area (Å²) in [5, 5.41) is 6.89. The van der Waals surface area contributed by atoms with E-state index in [1.165, 1.54) is 44.8 Å². The van der Waals surface area contributed by atoms with Gasteiger partial charge in [0, 0.05) is 45.0 Å². The molecule has 1 aromatic rings. The van der Waals surface area contributed by atoms with Gasteiger partial charge in [0.1, 0.15) is 0 Å². The molecule has 0 radical (unpaired) electrons. The lowest BCUT2D eigenvalue weighted by Gasteiger charge is -2.33. The molecule has 2 N–H and O–H groups in total. The third kappa shape index (κ3) is 7.24. The number of anilines is 1. The van der Waals surface area contributed by atoms with E-state index in [0.717, 1.165) is 44.5 Å². The molecular formula is C21H36FIN6. The fourth-order valence-corrected chi connectivity index (χ4v) is 4.20. The van der Waals surface area contributed by atoms with Gasteiger partial charge in [-0.15, -0.1) is 24.0 Å². The first kappa shape index (κ1) is 24.1. The van der Waals surface area contributed by atoms with Crippen molar-refractivity contribution < 1.29 is 4.39 Å². The Balaban J connectivity index is 0.00000300. The van der Waals surface area contributed by atoms with Gasteiger partial charge in [0.15, 0.2) is 17.6 Å². The van der Waals surface area contributed by atoms with Gasteiger partial charge in [0.25, 0.3) is 0 Å². The maximum atomic E-state index is 13.9. The minimum absolute atomic E-state index is 0. The number of unbranched alkanes of at least 4 members (excludes halogenated alkanes) is 1. The summed E-state index contributed by atoms with van der Waals surface area (Å²) in [4.78, 5) is 13.1. The van der Waals surface area contributed by atoms with E-state index in [1.54, 1.807) is 19.3 Å². The minimum Gasteiger partial charge on any atom is -0.356 e. The van der Waals surface area contributed by atoms with Crippen molar-refractivity contribution in [1.29, 1.82) is 0 Å². The Morgan fingerprint density at radius 2 is 2.14 bits per heavy atom. The molecule has 2 aliphatic rings. The van der Waals surface area contributed by atoms with E-state index in [1.807, 2.05) is 4.90 Å². The van der Waals surface area contributed by atoms with E-state index >= 15 is 0 Å². The first-order chi connectivity index (χ1) is 13.7. The zero-order valence-electron chi connectivity index (χ0n) is 17.7. The summed E-state index contributed by atoms with van der Waals surface area (Å²) in [5.74, 6) is 1.02. The Labute approximate surface area is 191 Å². The average Bonchev–Trinajstić information content (AvgIpc) is 3.16. The molecule has 0 spiro atoms. The Morgan fingerprint density at radius 1 is 1.28 bits per heavy atom. The van der Waals surface area contributed by atoms with Crippen LogP contribution >= 0.6 is 24.0 Å². The van der Waals surface area contributed by atoms with Gasteiger partial charge < -0.3 is 20.4 Å². The molecule has 29 heavy (non-hydrogen) atoms. The number of nitrogens with one attached hydrogen (secondary N) is 2. The molecule has 1 aromatic heterocycles. The van der Waals surface area contributed by atoms with E-state index in [4.69, 9.17) is 0 Å². The van der Waals surface area contributed by atoms with Gasteiger partial charge in [0.05, 0.1) is 0 Å². The van der Waals surface area contributed by atoms with Gasteiger partial charge in [-0.3, -0.25) is 4.99 Å². The molecule has 0 amide bonds. The highest BCUT2D eigenvalue weighted by Gasteiger charge is 2.25. The molecule has 2 unspecified atom stereocenters. The average molecular weight is 518 g/mol. The molecule has 0 saturated carbocycles. The largest absolute Gasteiger partial charge is 0.356 e. The summed E-state index contributed by atoms with van der Waals surface area (Å²) >= 11 is 0. The number of piperidine rings is 1. The summed E-state index contributed by atoms with van der Waals surface area (Å²) < 4.78 is 13.9. The number of hydrogen-bond donors (Lipinski definition) is 2. The zero-order valence-corrected chi connectivity index (χ0v) is 20.1. The second-order valence-corrected chi connectivity index (χ2v) is 7.97. The number of nitrogens with zero attached hydrogens (tertiary/aromatic N) is 4. The van der Waals surface area contributed by atoms with Crippen molar-refractivity contribution in [3.05, 3.63) is 24.1 Å². The lowest BCUT2D eigenvalue weighted by Crippen LogP contribution is -2.45. The summed E-state index contributed by atoms with van der Waals surface area (Å²) in [6, 6.07) is 4.09. The molecule has 8 heteroatoms. The van der Waals surface area contributed by atoms with Crippen molar-refractivity contribution in [3.8, 4) is 0 Å². The van der Waals surface area contributed by atoms with Crippen molar-refractivity contribution in [3.63, 3.8) is 0 Å². The third-order valence-corrected chi connectivity index (χ3v) is 5.90. The van der Waals surface area contributed by atoms with E-state index in [-0.39, 0.29) is 35.8 Å². The van der Waals surface area contributed by atoms with E-state index in [0.29, 0.717) is 5.82 Å². The number of likely N-dealkylation sites (tertiary alicyclic amines) is 1. The van der Waals surface area contributed by atoms with Crippen molar-refractivity contribution in [2.24, 2.45) is 4.99 Å². The molecule has 0 aromatic carbocycles. The second kappa shape index (κ2) is 12.5. The van der Waals surface area contributed by atoms with Crippen molar-refractivity contribution in [2.45, 2.75) is 57.5 Å². The van der Waals surface area contributed by atoms with E-state index in [9.17, 15) is 4.39 Å². The Bertz CT molecular complexity index is 643. The smallest absolute Gasteiger partial charge is 0.191 e. The number of halogens is 2. The molecule has 2 atom stereocenters. The SMILES string of the molecule is CN=C(NCCCCN1CCCCC1C)NC1CCN(c2ncccc2F)C1.I. The fourth-order valence-electron chi connectivity index (χ4n) is 4.20. The molecule has 2 aliphatic heterocycles. The molecule has 3 heterocycles. The van der Waals surface area contributed by atoms with Gasteiger partial charge in [-0.25, -0.2) is 9.37 Å². The lowest BCUT2D eigenvalue weighted by molar-refractivity contribution is 0.158. The molecule has 0 aliphatic carbocycles. The van der Waals surface area contributed by atoms with Gasteiger partial charge >= 0.3 is 0 Å². The quantitative estimate of drug-likeness (QED) is 0.251. The number of aliphatic imine (C=N–C) groups is 1. The van der Waals surface area contributed by atoms with E-state index < -0.39 is 0 Å². The molecule has 2 fully saturated rings. The van der Waals surface area contributed by atoms with E-state index in [2.05, 4.69) is 32.4 Å². The third-order valence-electron chi connectivity index (χ3n) is 5.90. The van der Waals surface area contributed by atoms with Crippen molar-refractivity contribution in [2.75, 3.05) is 44.7 Å². The maximum absolute atomic E-state index is 13.9. The number of guanidine groups is 1. The first-order valence-corrected chi connectivity index (χ1v) is 10.7. The summed E-state index contributed by atoms with van der Waals surface area (Å²) in [6.45, 7) is 7.27. The van der Waals surface area contributed by atoms with Crippen LogP contribution in [-0.2, 0) is 0 Å². The number of aromatic nitrogens is 1. The standard InChI is InChI=1S/C21H35FN6.HI/c1-17-8-3-5-13-27(17)14-6-4-11-25-21(23-2)26-18-10-15-28(16-18)20-19(22)9-7-12-24-20;/h7,9,12,17-18H,3-6,8,10-11,13-16H2,1-2H3,(H2,23,25,26);1H. The van der Waals surface area contributed by atoms with Gasteiger partial charge in [-0.05, 0) is 64.3 Å². The number of hydrogen-bond acceptors (Lipinski definition) is 4. The predicted molar refractivity (Wildman–Crippen MR) is 129 cm³/mol. The van der Waals surface area contributed by atoms with Gasteiger partial charge in [-0.2, -0.15) is 0 Å². The maximum Gasteiger partial charge on any atom is 0.191 e. The predicted octanol–water partition coefficient (Wildman–Crippen LogP) is 3.24. The van der Waals surface area contributed by atoms with Crippen LogP contribution in [0.25, 0.3) is 0 Å². The second-order valence-electron chi connectivity index (χ2n) is 7.97. The van der Waals surface area contributed by atoms with Crippen LogP contribution in [0.2, 0.25) is 0 Å². The lowest BCUT2D eigenvalue weighted by atomic mass is 10.0. The molecule has 0 bridgehead atoms. The Morgan fingerprint density at radius 3 is 2.90 bits per heavy atom. The molecular weight excluding hydrogens is 482 g/mol. The van der Waals surface area contributed by atoms with Crippen LogP contribution in [0.15, 0.2) is 23.3 Å². The monoisotopic (exact) mass is 518 g/mol. The number of rotatable bonds is 7. The minimum atomic E-state index is -0.256. The summed E-state index contributed by atoms with van der Waals surface area (Å²) in [5.41, 5.74) is 0. The van der Waals surface area contributed by atoms with Crippen LogP contribution in [0, 0.1) is 5.82 Å². The van der Waals surface area contributed by atoms with Crippen molar-refractivity contribution in [1.82, 2.24) is 20.5 Å². The van der Waals surface area contributed by atoms with Crippen molar-refractivity contribution >= 4 is 35.8 Å². The number of pyridine rings is 1. The summed E-state index contributed by atoms with van der Waals surface area (Å²) in [6.07, 6.45) is 9.01. The van der Waals surface area contributed by atoms with Crippen LogP contribution in [0.1, 0.15) is 45.4 Å². The van der Waals surface area contributed by atoms with Crippen LogP contribution in [0.4, 0.5) is 10.2 Å². The Hall–Kier alpha value is -1.16. The summed E-state index contributed by atoms with van der Waals surface area (Å²) in [7, 11) is 1.80. The first-order valence-electron chi connectivity index (χ1n) is 10.7. The molecule has 6 nitrogen and oxygen atoms in total. The van der Waals surface area contributed by atoms with Crippen LogP contribution in [0.3, 0.4) is 0 Å². The highest BCUT2D eigenvalue weighted by Crippen LogP contribution is 2.20.